The topological polar surface area (TPSA) is 69.0 Å². The highest BCUT2D eigenvalue weighted by atomic mass is 35.5. The first-order valence-corrected chi connectivity index (χ1v) is 7.66. The van der Waals surface area contributed by atoms with Crippen LogP contribution in [0, 0.1) is 13.8 Å². The molecule has 1 unspecified atom stereocenters. The normalized spacial score (nSPS) is 12.9. The molecule has 0 saturated carbocycles. The first kappa shape index (κ1) is 16.1. The van der Waals surface area contributed by atoms with Crippen molar-refractivity contribution in [1.82, 2.24) is 15.2 Å². The molecule has 0 aliphatic carbocycles. The molecule has 0 saturated heterocycles. The third kappa shape index (κ3) is 3.15. The Bertz CT molecular complexity index is 617. The molecule has 5 nitrogen and oxygen atoms in total. The predicted molar refractivity (Wildman–Crippen MR) is 84.2 cm³/mol. The fraction of sp³-hybridized carbons (Fsp3) is 0.533. The number of furan rings is 1. The molecule has 0 spiro atoms. The number of hydrogen-bond donors (Lipinski definition) is 2. The van der Waals surface area contributed by atoms with E-state index in [-0.39, 0.29) is 6.04 Å². The molecule has 0 radical (unpaired) electrons. The lowest BCUT2D eigenvalue weighted by Crippen LogP contribution is -2.30. The van der Waals surface area contributed by atoms with Gasteiger partial charge in [-0.2, -0.15) is 5.10 Å². The molecule has 0 aliphatic rings. The second-order valence-electron chi connectivity index (χ2n) is 5.17. The summed E-state index contributed by atoms with van der Waals surface area (Å²) in [5.74, 6) is 7.51. The number of aromatic nitrogens is 2. The molecule has 21 heavy (non-hydrogen) atoms. The summed E-state index contributed by atoms with van der Waals surface area (Å²) in [6, 6.07) is 1.97. The molecule has 0 bridgehead atoms. The van der Waals surface area contributed by atoms with Crippen LogP contribution in [0.4, 0.5) is 0 Å². The Hall–Kier alpha value is -1.30. The van der Waals surface area contributed by atoms with Crippen molar-refractivity contribution in [3.05, 3.63) is 39.6 Å². The molecule has 0 fully saturated rings. The monoisotopic (exact) mass is 310 g/mol. The van der Waals surface area contributed by atoms with Crippen molar-refractivity contribution >= 4 is 11.6 Å². The smallest absolute Gasteiger partial charge is 0.105 e. The molecule has 1 atom stereocenters. The van der Waals surface area contributed by atoms with Crippen LogP contribution in [0.2, 0.25) is 5.02 Å². The van der Waals surface area contributed by atoms with Crippen LogP contribution >= 0.6 is 11.6 Å². The molecular weight excluding hydrogens is 288 g/mol. The first-order valence-electron chi connectivity index (χ1n) is 7.28. The van der Waals surface area contributed by atoms with Crippen LogP contribution in [0.15, 0.2) is 10.5 Å². The highest BCUT2D eigenvalue weighted by Crippen LogP contribution is 2.29. The maximum Gasteiger partial charge on any atom is 0.105 e. The van der Waals surface area contributed by atoms with Gasteiger partial charge in [-0.15, -0.1) is 0 Å². The van der Waals surface area contributed by atoms with Crippen molar-refractivity contribution in [2.45, 2.75) is 53.1 Å². The van der Waals surface area contributed by atoms with Gasteiger partial charge in [-0.3, -0.25) is 16.0 Å². The van der Waals surface area contributed by atoms with Gasteiger partial charge >= 0.3 is 0 Å². The summed E-state index contributed by atoms with van der Waals surface area (Å²) in [5.41, 5.74) is 5.88. The zero-order valence-electron chi connectivity index (χ0n) is 13.0. The van der Waals surface area contributed by atoms with Gasteiger partial charge in [0, 0.05) is 18.5 Å². The lowest BCUT2D eigenvalue weighted by Gasteiger charge is -2.16. The van der Waals surface area contributed by atoms with Crippen LogP contribution in [-0.2, 0) is 19.4 Å². The second-order valence-corrected chi connectivity index (χ2v) is 5.55. The van der Waals surface area contributed by atoms with Crippen LogP contribution < -0.4 is 11.3 Å². The molecule has 3 N–H and O–H groups in total. The molecule has 2 aromatic heterocycles. The highest BCUT2D eigenvalue weighted by Gasteiger charge is 2.22. The molecule has 0 aliphatic heterocycles. The minimum atomic E-state index is -0.0494. The Morgan fingerprint density at radius 1 is 1.43 bits per heavy atom. The van der Waals surface area contributed by atoms with Gasteiger partial charge in [-0.1, -0.05) is 18.5 Å². The summed E-state index contributed by atoms with van der Waals surface area (Å²) in [6.45, 7) is 8.78. The number of nitrogens with zero attached hydrogens (tertiary/aromatic N) is 2. The van der Waals surface area contributed by atoms with Crippen LogP contribution in [0.5, 0.6) is 0 Å². The van der Waals surface area contributed by atoms with E-state index in [0.717, 1.165) is 46.5 Å². The molecule has 0 aromatic carbocycles. The SMILES string of the molecule is CCc1nn(CC)c(CC(NN)c2cc(C)oc2C)c1Cl. The first-order chi connectivity index (χ1) is 10.0. The number of hydrazine groups is 1. The summed E-state index contributed by atoms with van der Waals surface area (Å²) in [6.07, 6.45) is 1.50. The van der Waals surface area contributed by atoms with Gasteiger partial charge in [-0.05, 0) is 33.3 Å². The third-order valence-electron chi connectivity index (χ3n) is 3.75. The van der Waals surface area contributed by atoms with Gasteiger partial charge in [0.2, 0.25) is 0 Å². The molecule has 2 aromatic rings. The molecule has 2 heterocycles. The summed E-state index contributed by atoms with van der Waals surface area (Å²) >= 11 is 6.47. The van der Waals surface area contributed by atoms with E-state index in [9.17, 15) is 0 Å². The number of nitrogens with one attached hydrogen (secondary N) is 1. The Morgan fingerprint density at radius 3 is 2.62 bits per heavy atom. The maximum absolute atomic E-state index is 6.47. The highest BCUT2D eigenvalue weighted by molar-refractivity contribution is 6.31. The minimum absolute atomic E-state index is 0.0494. The molecular formula is C15H23ClN4O. The molecule has 116 valence electrons. The van der Waals surface area contributed by atoms with Gasteiger partial charge in [0.1, 0.15) is 11.5 Å². The van der Waals surface area contributed by atoms with E-state index < -0.39 is 0 Å². The number of hydrogen-bond acceptors (Lipinski definition) is 4. The summed E-state index contributed by atoms with van der Waals surface area (Å²) in [5, 5.41) is 5.30. The van der Waals surface area contributed by atoms with Crippen molar-refractivity contribution in [3.8, 4) is 0 Å². The Morgan fingerprint density at radius 2 is 2.14 bits per heavy atom. The van der Waals surface area contributed by atoms with Crippen LogP contribution in [-0.4, -0.2) is 9.78 Å². The van der Waals surface area contributed by atoms with Gasteiger partial charge in [-0.25, -0.2) is 0 Å². The summed E-state index contributed by atoms with van der Waals surface area (Å²) < 4.78 is 7.55. The van der Waals surface area contributed by atoms with E-state index in [1.807, 2.05) is 24.6 Å². The van der Waals surface area contributed by atoms with E-state index in [2.05, 4.69) is 24.4 Å². The number of halogens is 1. The lowest BCUT2D eigenvalue weighted by molar-refractivity contribution is 0.477. The van der Waals surface area contributed by atoms with Gasteiger partial charge in [0.05, 0.1) is 22.5 Å². The van der Waals surface area contributed by atoms with E-state index in [1.165, 1.54) is 0 Å². The van der Waals surface area contributed by atoms with Crippen molar-refractivity contribution in [1.29, 1.82) is 0 Å². The van der Waals surface area contributed by atoms with E-state index in [4.69, 9.17) is 21.9 Å². The third-order valence-corrected chi connectivity index (χ3v) is 4.18. The van der Waals surface area contributed by atoms with E-state index >= 15 is 0 Å². The largest absolute Gasteiger partial charge is 0.466 e. The average molecular weight is 311 g/mol. The van der Waals surface area contributed by atoms with E-state index in [0.29, 0.717) is 6.42 Å². The van der Waals surface area contributed by atoms with Crippen molar-refractivity contribution < 1.29 is 4.42 Å². The standard InChI is InChI=1S/C15H23ClN4O/c1-5-12-15(16)14(20(6-2)19-12)8-13(18-17)11-7-9(3)21-10(11)4/h7,13,18H,5-6,8,17H2,1-4H3. The number of rotatable bonds is 6. The average Bonchev–Trinajstić information content (AvgIpc) is 2.95. The van der Waals surface area contributed by atoms with Gasteiger partial charge in [0.25, 0.3) is 0 Å². The lowest BCUT2D eigenvalue weighted by atomic mass is 10.0. The van der Waals surface area contributed by atoms with Crippen LogP contribution in [0.1, 0.15) is 48.4 Å². The predicted octanol–water partition coefficient (Wildman–Crippen LogP) is 3.08. The molecule has 6 heteroatoms. The summed E-state index contributed by atoms with van der Waals surface area (Å²) in [7, 11) is 0. The molecule has 2 rings (SSSR count). The number of aryl methyl sites for hydroxylation is 4. The Kier molecular flexibility index (Phi) is 5.08. The fourth-order valence-electron chi connectivity index (χ4n) is 2.66. The Labute approximate surface area is 130 Å². The van der Waals surface area contributed by atoms with Crippen molar-refractivity contribution in [3.63, 3.8) is 0 Å². The van der Waals surface area contributed by atoms with Crippen molar-refractivity contribution in [2.24, 2.45) is 5.84 Å². The summed E-state index contributed by atoms with van der Waals surface area (Å²) in [4.78, 5) is 0. The van der Waals surface area contributed by atoms with Crippen molar-refractivity contribution in [2.75, 3.05) is 0 Å². The second kappa shape index (κ2) is 6.64. The number of nitrogens with two attached hydrogens (primary N) is 1. The molecule has 0 amide bonds. The van der Waals surface area contributed by atoms with E-state index in [1.54, 1.807) is 0 Å². The van der Waals surface area contributed by atoms with Crippen LogP contribution in [0.25, 0.3) is 0 Å². The van der Waals surface area contributed by atoms with Gasteiger partial charge < -0.3 is 4.42 Å². The Balaban J connectivity index is 2.35. The zero-order chi connectivity index (χ0) is 15.6. The minimum Gasteiger partial charge on any atom is -0.466 e. The van der Waals surface area contributed by atoms with Gasteiger partial charge in [0.15, 0.2) is 0 Å². The van der Waals surface area contributed by atoms with Crippen LogP contribution in [0.3, 0.4) is 0 Å². The quantitative estimate of drug-likeness (QED) is 0.635. The fourth-order valence-corrected chi connectivity index (χ4v) is 3.01. The zero-order valence-corrected chi connectivity index (χ0v) is 13.8. The maximum atomic E-state index is 6.47.